The highest BCUT2D eigenvalue weighted by atomic mass is 19.1. The van der Waals surface area contributed by atoms with Crippen molar-refractivity contribution in [3.05, 3.63) is 88.6 Å². The van der Waals surface area contributed by atoms with Crippen molar-refractivity contribution < 1.29 is 23.8 Å². The number of aliphatic carboxylic acids is 1. The number of benzene rings is 2. The van der Waals surface area contributed by atoms with Crippen LogP contribution in [-0.4, -0.2) is 42.9 Å². The van der Waals surface area contributed by atoms with Crippen LogP contribution in [0.3, 0.4) is 0 Å². The van der Waals surface area contributed by atoms with Crippen molar-refractivity contribution in [1.82, 2.24) is 19.6 Å². The minimum Gasteiger partial charge on any atom is -0.490 e. The summed E-state index contributed by atoms with van der Waals surface area (Å²) in [5.74, 6) is -1.41. The maximum Gasteiger partial charge on any atom is 0.337 e. The number of hydrogen-bond donors (Lipinski definition) is 1. The number of ether oxygens (including phenoxy) is 2. The minimum absolute atomic E-state index is 0.255. The number of halogens is 1. The van der Waals surface area contributed by atoms with Gasteiger partial charge in [-0.05, 0) is 83.7 Å². The van der Waals surface area contributed by atoms with Gasteiger partial charge < -0.3 is 14.6 Å². The molecule has 3 aromatic heterocycles. The third-order valence-electron chi connectivity index (χ3n) is 7.96. The Balaban J connectivity index is 1.63. The molecule has 1 N–H and O–H groups in total. The molecule has 0 saturated carbocycles. The summed E-state index contributed by atoms with van der Waals surface area (Å²) in [7, 11) is 0. The Morgan fingerprint density at radius 2 is 1.82 bits per heavy atom. The van der Waals surface area contributed by atoms with Crippen molar-refractivity contribution in [3.8, 4) is 39.4 Å². The zero-order valence-corrected chi connectivity index (χ0v) is 25.7. The van der Waals surface area contributed by atoms with E-state index < -0.39 is 23.5 Å². The van der Waals surface area contributed by atoms with Crippen LogP contribution >= 0.6 is 0 Å². The van der Waals surface area contributed by atoms with Crippen LogP contribution in [0.5, 0.6) is 5.75 Å². The Kier molecular flexibility index (Phi) is 7.45. The molecular formula is C35H35FN4O4. The van der Waals surface area contributed by atoms with E-state index in [1.807, 2.05) is 56.3 Å². The van der Waals surface area contributed by atoms with Crippen LogP contribution in [0, 0.1) is 26.6 Å². The van der Waals surface area contributed by atoms with Gasteiger partial charge in [-0.15, -0.1) is 0 Å². The lowest BCUT2D eigenvalue weighted by Gasteiger charge is -2.28. The van der Waals surface area contributed by atoms with E-state index in [0.29, 0.717) is 46.9 Å². The Labute approximate surface area is 255 Å². The standard InChI is InChI=1S/C35H35FN4O4/c1-19-24-13-9-15-43-32(24)27(36)17-26(19)31-30(33(34(41)42)44-35(4,5)6)21(3)38-29-18-28(39-40(29)31)23-11-7-10-22(16-23)25-12-8-14-37-20(25)2/h7-8,10-12,14,16-18,33H,9,13,15H2,1-6H3,(H,41,42)/t33-/m0/s1. The second kappa shape index (κ2) is 11.1. The normalized spacial score (nSPS) is 13.9. The smallest absolute Gasteiger partial charge is 0.337 e. The van der Waals surface area contributed by atoms with Gasteiger partial charge in [0.05, 0.1) is 23.6 Å². The van der Waals surface area contributed by atoms with Crippen LogP contribution in [-0.2, 0) is 16.0 Å². The topological polar surface area (TPSA) is 98.8 Å². The highest BCUT2D eigenvalue weighted by Crippen LogP contribution is 2.42. The number of nitrogens with zero attached hydrogens (tertiary/aromatic N) is 4. The molecule has 4 heterocycles. The molecule has 9 heteroatoms. The Hall–Kier alpha value is -4.63. The lowest BCUT2D eigenvalue weighted by molar-refractivity contribution is -0.160. The molecule has 0 bridgehead atoms. The summed E-state index contributed by atoms with van der Waals surface area (Å²) >= 11 is 0. The van der Waals surface area contributed by atoms with Crippen molar-refractivity contribution in [2.45, 2.75) is 66.1 Å². The van der Waals surface area contributed by atoms with Crippen molar-refractivity contribution >= 4 is 11.6 Å². The summed E-state index contributed by atoms with van der Waals surface area (Å²) in [6, 6.07) is 15.2. The maximum atomic E-state index is 15.6. The molecule has 44 heavy (non-hydrogen) atoms. The second-order valence-electron chi connectivity index (χ2n) is 12.2. The molecule has 0 fully saturated rings. The molecule has 0 amide bonds. The van der Waals surface area contributed by atoms with Crippen LogP contribution in [0.2, 0.25) is 0 Å². The molecule has 226 valence electrons. The van der Waals surface area contributed by atoms with Crippen LogP contribution in [0.15, 0.2) is 54.7 Å². The molecule has 0 spiro atoms. The molecule has 8 nitrogen and oxygen atoms in total. The van der Waals surface area contributed by atoms with E-state index in [9.17, 15) is 9.90 Å². The largest absolute Gasteiger partial charge is 0.490 e. The molecule has 0 aliphatic carbocycles. The Bertz CT molecular complexity index is 1920. The highest BCUT2D eigenvalue weighted by molar-refractivity contribution is 5.83. The number of rotatable bonds is 6. The first-order valence-electron chi connectivity index (χ1n) is 14.7. The van der Waals surface area contributed by atoms with Gasteiger partial charge in [-0.25, -0.2) is 18.7 Å². The number of carboxylic acids is 1. The molecule has 6 rings (SSSR count). The fourth-order valence-electron chi connectivity index (χ4n) is 5.97. The van der Waals surface area contributed by atoms with E-state index in [0.717, 1.165) is 39.9 Å². The predicted molar refractivity (Wildman–Crippen MR) is 166 cm³/mol. The number of pyridine rings is 1. The van der Waals surface area contributed by atoms with Gasteiger partial charge in [0.1, 0.15) is 0 Å². The van der Waals surface area contributed by atoms with Crippen molar-refractivity contribution in [2.24, 2.45) is 0 Å². The molecule has 1 aliphatic rings. The van der Waals surface area contributed by atoms with Gasteiger partial charge >= 0.3 is 5.97 Å². The monoisotopic (exact) mass is 594 g/mol. The van der Waals surface area contributed by atoms with Gasteiger partial charge in [-0.2, -0.15) is 5.10 Å². The first kappa shape index (κ1) is 29.4. The fourth-order valence-corrected chi connectivity index (χ4v) is 5.97. The second-order valence-corrected chi connectivity index (χ2v) is 12.2. The summed E-state index contributed by atoms with van der Waals surface area (Å²) in [6.07, 6.45) is 1.81. The Morgan fingerprint density at radius 1 is 1.05 bits per heavy atom. The molecule has 1 atom stereocenters. The molecule has 0 unspecified atom stereocenters. The van der Waals surface area contributed by atoms with Crippen LogP contribution in [0.1, 0.15) is 61.4 Å². The van der Waals surface area contributed by atoms with Gasteiger partial charge in [0.15, 0.2) is 23.3 Å². The van der Waals surface area contributed by atoms with E-state index in [4.69, 9.17) is 19.6 Å². The van der Waals surface area contributed by atoms with Crippen molar-refractivity contribution in [2.75, 3.05) is 6.61 Å². The molecule has 0 radical (unpaired) electrons. The average molecular weight is 595 g/mol. The first-order valence-corrected chi connectivity index (χ1v) is 14.7. The molecule has 5 aromatic rings. The number of fused-ring (bicyclic) bond motifs is 2. The molecule has 2 aromatic carbocycles. The minimum atomic E-state index is -1.37. The zero-order chi connectivity index (χ0) is 31.3. The van der Waals surface area contributed by atoms with Gasteiger partial charge in [0.25, 0.3) is 0 Å². The predicted octanol–water partition coefficient (Wildman–Crippen LogP) is 7.46. The fraction of sp³-hybridized carbons (Fsp3) is 0.314. The van der Waals surface area contributed by atoms with Crippen LogP contribution < -0.4 is 4.74 Å². The van der Waals surface area contributed by atoms with E-state index in [1.165, 1.54) is 6.07 Å². The van der Waals surface area contributed by atoms with E-state index >= 15 is 4.39 Å². The summed E-state index contributed by atoms with van der Waals surface area (Å²) in [4.78, 5) is 22.0. The van der Waals surface area contributed by atoms with Crippen molar-refractivity contribution in [3.63, 3.8) is 0 Å². The third-order valence-corrected chi connectivity index (χ3v) is 7.96. The zero-order valence-electron chi connectivity index (χ0n) is 25.7. The number of carbonyl (C=O) groups is 1. The molecular weight excluding hydrogens is 559 g/mol. The summed E-state index contributed by atoms with van der Waals surface area (Å²) < 4.78 is 29.1. The van der Waals surface area contributed by atoms with Gasteiger partial charge in [-0.3, -0.25) is 4.98 Å². The number of aryl methyl sites for hydroxylation is 2. The lowest BCUT2D eigenvalue weighted by atomic mass is 9.91. The van der Waals surface area contributed by atoms with Crippen LogP contribution in [0.25, 0.3) is 39.3 Å². The average Bonchev–Trinajstić information content (AvgIpc) is 3.41. The highest BCUT2D eigenvalue weighted by Gasteiger charge is 2.34. The van der Waals surface area contributed by atoms with Crippen LogP contribution in [0.4, 0.5) is 4.39 Å². The van der Waals surface area contributed by atoms with E-state index in [-0.39, 0.29) is 5.75 Å². The quantitative estimate of drug-likeness (QED) is 0.218. The lowest BCUT2D eigenvalue weighted by Crippen LogP contribution is -2.29. The van der Waals surface area contributed by atoms with Gasteiger partial charge in [0.2, 0.25) is 0 Å². The van der Waals surface area contributed by atoms with E-state index in [2.05, 4.69) is 4.98 Å². The molecule has 0 saturated heterocycles. The summed E-state index contributed by atoms with van der Waals surface area (Å²) in [5, 5.41) is 15.4. The summed E-state index contributed by atoms with van der Waals surface area (Å²) in [6.45, 7) is 11.5. The van der Waals surface area contributed by atoms with Crippen molar-refractivity contribution in [1.29, 1.82) is 0 Å². The molecule has 1 aliphatic heterocycles. The summed E-state index contributed by atoms with van der Waals surface area (Å²) in [5.41, 5.74) is 7.46. The third kappa shape index (κ3) is 5.32. The van der Waals surface area contributed by atoms with Gasteiger partial charge in [0, 0.05) is 51.5 Å². The number of aromatic nitrogens is 4. The van der Waals surface area contributed by atoms with E-state index in [1.54, 1.807) is 38.4 Å². The number of hydrogen-bond acceptors (Lipinski definition) is 6. The first-order chi connectivity index (χ1) is 20.9. The van der Waals surface area contributed by atoms with Gasteiger partial charge in [-0.1, -0.05) is 24.3 Å². The maximum absolute atomic E-state index is 15.6. The SMILES string of the molecule is Cc1ncccc1-c1cccc(-c2cc3nc(C)c([C@H](OC(C)(C)C)C(=O)O)c(-c4cc(F)c5c(c4C)CCCO5)n3n2)c1. The number of carboxylic acid groups (broad SMARTS) is 1. The Morgan fingerprint density at radius 3 is 2.55 bits per heavy atom.